The van der Waals surface area contributed by atoms with Gasteiger partial charge in [0.15, 0.2) is 0 Å². The maximum atomic E-state index is 12.2. The molecule has 2 rings (SSSR count). The van der Waals surface area contributed by atoms with Crippen molar-refractivity contribution in [3.05, 3.63) is 38.3 Å². The molecular weight excluding hydrogens is 368 g/mol. The van der Waals surface area contributed by atoms with Crippen LogP contribution in [0.1, 0.15) is 37.7 Å². The highest BCUT2D eigenvalue weighted by Crippen LogP contribution is 2.29. The first-order valence-corrected chi connectivity index (χ1v) is 8.10. The molecule has 0 unspecified atom stereocenters. The first kappa shape index (κ1) is 17.4. The second-order valence-electron chi connectivity index (χ2n) is 5.71. The van der Waals surface area contributed by atoms with Gasteiger partial charge in [0.1, 0.15) is 5.54 Å². The Kier molecular flexibility index (Phi) is 5.35. The van der Waals surface area contributed by atoms with Crippen LogP contribution >= 0.6 is 15.9 Å². The van der Waals surface area contributed by atoms with Gasteiger partial charge in [0, 0.05) is 16.6 Å². The molecule has 0 saturated heterocycles. The Labute approximate surface area is 141 Å². The number of nitrogens with one attached hydrogen (secondary N) is 1. The van der Waals surface area contributed by atoms with Crippen molar-refractivity contribution in [2.24, 2.45) is 0 Å². The lowest BCUT2D eigenvalue weighted by molar-refractivity contribution is -0.384. The van der Waals surface area contributed by atoms with Crippen LogP contribution in [-0.2, 0) is 16.0 Å². The topological polar surface area (TPSA) is 110 Å². The molecule has 0 atom stereocenters. The van der Waals surface area contributed by atoms with Crippen LogP contribution in [0.4, 0.5) is 5.69 Å². The number of nitro benzene ring substituents is 1. The van der Waals surface area contributed by atoms with E-state index in [-0.39, 0.29) is 12.1 Å². The molecule has 0 aliphatic heterocycles. The number of carbonyl (C=O) groups is 2. The Balaban J connectivity index is 2.09. The molecule has 1 aliphatic carbocycles. The number of rotatable bonds is 5. The number of carboxylic acids is 1. The summed E-state index contributed by atoms with van der Waals surface area (Å²) in [7, 11) is 0. The van der Waals surface area contributed by atoms with Crippen molar-refractivity contribution in [3.63, 3.8) is 0 Å². The number of carbonyl (C=O) groups excluding carboxylic acids is 1. The molecule has 1 amide bonds. The lowest BCUT2D eigenvalue weighted by Gasteiger charge is -2.34. The lowest BCUT2D eigenvalue weighted by atomic mass is 9.81. The summed E-state index contributed by atoms with van der Waals surface area (Å²) >= 11 is 3.21. The number of non-ortho nitro benzene ring substituents is 1. The fourth-order valence-electron chi connectivity index (χ4n) is 2.82. The number of nitrogens with zero attached hydrogens (tertiary/aromatic N) is 1. The number of hydrogen-bond acceptors (Lipinski definition) is 4. The first-order chi connectivity index (χ1) is 10.8. The summed E-state index contributed by atoms with van der Waals surface area (Å²) in [6.45, 7) is 0. The molecule has 7 nitrogen and oxygen atoms in total. The van der Waals surface area contributed by atoms with Crippen molar-refractivity contribution in [1.82, 2.24) is 5.32 Å². The van der Waals surface area contributed by atoms with E-state index in [1.54, 1.807) is 0 Å². The van der Waals surface area contributed by atoms with Gasteiger partial charge in [-0.2, -0.15) is 0 Å². The Morgan fingerprint density at radius 1 is 1.30 bits per heavy atom. The maximum Gasteiger partial charge on any atom is 0.329 e. The van der Waals surface area contributed by atoms with Gasteiger partial charge in [-0.05, 0) is 18.4 Å². The van der Waals surface area contributed by atoms with Crippen LogP contribution in [0.3, 0.4) is 0 Å². The van der Waals surface area contributed by atoms with E-state index in [2.05, 4.69) is 21.2 Å². The van der Waals surface area contributed by atoms with Crippen LogP contribution < -0.4 is 5.32 Å². The van der Waals surface area contributed by atoms with E-state index in [0.29, 0.717) is 22.9 Å². The summed E-state index contributed by atoms with van der Waals surface area (Å²) in [5.74, 6) is -1.41. The highest BCUT2D eigenvalue weighted by molar-refractivity contribution is 9.10. The minimum absolute atomic E-state index is 0.0341. The molecule has 2 N–H and O–H groups in total. The Morgan fingerprint density at radius 3 is 2.48 bits per heavy atom. The van der Waals surface area contributed by atoms with Gasteiger partial charge in [-0.15, -0.1) is 0 Å². The SMILES string of the molecule is O=C(Cc1ccc([N+](=O)[O-])cc1Br)NC1(C(=O)O)CCCCC1. The van der Waals surface area contributed by atoms with Gasteiger partial charge in [0.2, 0.25) is 5.91 Å². The molecule has 0 spiro atoms. The minimum Gasteiger partial charge on any atom is -0.480 e. The van der Waals surface area contributed by atoms with Crippen LogP contribution in [0.15, 0.2) is 22.7 Å². The zero-order valence-corrected chi connectivity index (χ0v) is 14.0. The van der Waals surface area contributed by atoms with Gasteiger partial charge in [-0.1, -0.05) is 41.3 Å². The van der Waals surface area contributed by atoms with Crippen LogP contribution in [0, 0.1) is 10.1 Å². The molecule has 124 valence electrons. The summed E-state index contributed by atoms with van der Waals surface area (Å²) in [4.78, 5) is 34.0. The molecule has 1 aromatic carbocycles. The summed E-state index contributed by atoms with van der Waals surface area (Å²) in [6.07, 6.45) is 3.33. The molecule has 0 radical (unpaired) electrons. The monoisotopic (exact) mass is 384 g/mol. The number of amides is 1. The van der Waals surface area contributed by atoms with Crippen molar-refractivity contribution in [1.29, 1.82) is 0 Å². The van der Waals surface area contributed by atoms with Gasteiger partial charge in [-0.25, -0.2) is 4.79 Å². The van der Waals surface area contributed by atoms with E-state index >= 15 is 0 Å². The van der Waals surface area contributed by atoms with Gasteiger partial charge in [0.25, 0.3) is 5.69 Å². The molecule has 1 fully saturated rings. The Hall–Kier alpha value is -1.96. The third-order valence-corrected chi connectivity index (χ3v) is 4.83. The lowest BCUT2D eigenvalue weighted by Crippen LogP contribution is -2.56. The zero-order chi connectivity index (χ0) is 17.0. The fraction of sp³-hybridized carbons (Fsp3) is 0.467. The van der Waals surface area contributed by atoms with Crippen molar-refractivity contribution in [2.45, 2.75) is 44.1 Å². The van der Waals surface area contributed by atoms with E-state index in [4.69, 9.17) is 0 Å². The molecule has 23 heavy (non-hydrogen) atoms. The number of nitro groups is 1. The molecule has 0 aromatic heterocycles. The molecule has 1 aromatic rings. The number of hydrogen-bond donors (Lipinski definition) is 2. The third kappa shape index (κ3) is 4.07. The van der Waals surface area contributed by atoms with Gasteiger partial charge < -0.3 is 10.4 Å². The van der Waals surface area contributed by atoms with Gasteiger partial charge >= 0.3 is 5.97 Å². The number of aliphatic carboxylic acids is 1. The Morgan fingerprint density at radius 2 is 1.96 bits per heavy atom. The number of halogens is 1. The molecule has 1 saturated carbocycles. The fourth-order valence-corrected chi connectivity index (χ4v) is 3.33. The van der Waals surface area contributed by atoms with E-state index < -0.39 is 22.3 Å². The molecule has 0 heterocycles. The minimum atomic E-state index is -1.19. The largest absolute Gasteiger partial charge is 0.480 e. The standard InChI is InChI=1S/C15H17BrN2O5/c16-12-9-11(18(22)23)5-4-10(12)8-13(19)17-15(14(20)21)6-2-1-3-7-15/h4-5,9H,1-3,6-8H2,(H,17,19)(H,20,21). The van der Waals surface area contributed by atoms with E-state index in [1.165, 1.54) is 18.2 Å². The summed E-state index contributed by atoms with van der Waals surface area (Å²) in [6, 6.07) is 4.15. The van der Waals surface area contributed by atoms with E-state index in [1.807, 2.05) is 0 Å². The molecule has 8 heteroatoms. The van der Waals surface area contributed by atoms with Crippen LogP contribution in [0.5, 0.6) is 0 Å². The predicted molar refractivity (Wildman–Crippen MR) is 86.1 cm³/mol. The van der Waals surface area contributed by atoms with Crippen LogP contribution in [0.25, 0.3) is 0 Å². The van der Waals surface area contributed by atoms with Crippen LogP contribution in [0.2, 0.25) is 0 Å². The van der Waals surface area contributed by atoms with E-state index in [9.17, 15) is 24.8 Å². The molecule has 1 aliphatic rings. The van der Waals surface area contributed by atoms with Crippen molar-refractivity contribution in [2.75, 3.05) is 0 Å². The smallest absolute Gasteiger partial charge is 0.329 e. The quantitative estimate of drug-likeness (QED) is 0.598. The molecule has 0 bridgehead atoms. The average molecular weight is 385 g/mol. The zero-order valence-electron chi connectivity index (χ0n) is 12.4. The number of carboxylic acid groups (broad SMARTS) is 1. The average Bonchev–Trinajstić information content (AvgIpc) is 2.49. The summed E-state index contributed by atoms with van der Waals surface area (Å²) in [5.41, 5.74) is -0.692. The summed E-state index contributed by atoms with van der Waals surface area (Å²) < 4.78 is 0.454. The Bertz CT molecular complexity index is 641. The maximum absolute atomic E-state index is 12.2. The van der Waals surface area contributed by atoms with Gasteiger partial charge in [-0.3, -0.25) is 14.9 Å². The van der Waals surface area contributed by atoms with Crippen molar-refractivity contribution in [3.8, 4) is 0 Å². The first-order valence-electron chi connectivity index (χ1n) is 7.31. The predicted octanol–water partition coefficient (Wildman–Crippen LogP) is 2.80. The highest BCUT2D eigenvalue weighted by atomic mass is 79.9. The van der Waals surface area contributed by atoms with Crippen molar-refractivity contribution >= 4 is 33.5 Å². The summed E-state index contributed by atoms with van der Waals surface area (Å²) in [5, 5.41) is 22.8. The van der Waals surface area contributed by atoms with Gasteiger partial charge in [0.05, 0.1) is 11.3 Å². The second kappa shape index (κ2) is 7.08. The third-order valence-electron chi connectivity index (χ3n) is 4.09. The number of benzene rings is 1. The highest BCUT2D eigenvalue weighted by Gasteiger charge is 2.40. The normalized spacial score (nSPS) is 16.6. The van der Waals surface area contributed by atoms with Crippen LogP contribution in [-0.4, -0.2) is 27.4 Å². The van der Waals surface area contributed by atoms with Crippen molar-refractivity contribution < 1.29 is 19.6 Å². The molecular formula is C15H17BrN2O5. The second-order valence-corrected chi connectivity index (χ2v) is 6.56. The van der Waals surface area contributed by atoms with E-state index in [0.717, 1.165) is 19.3 Å².